The van der Waals surface area contributed by atoms with Gasteiger partial charge in [0.25, 0.3) is 23.6 Å². The molecule has 4 amide bonds. The van der Waals surface area contributed by atoms with Crippen LogP contribution in [0.5, 0.6) is 0 Å². The van der Waals surface area contributed by atoms with Gasteiger partial charge in [0.05, 0.1) is 92.4 Å². The third kappa shape index (κ3) is 9.21. The fourth-order valence-corrected chi connectivity index (χ4v) is 7.69. The van der Waals surface area contributed by atoms with E-state index in [9.17, 15) is 28.8 Å². The van der Waals surface area contributed by atoms with E-state index in [1.807, 2.05) is 24.3 Å². The molecule has 0 spiro atoms. The first-order valence-corrected chi connectivity index (χ1v) is 20.2. The van der Waals surface area contributed by atoms with Crippen molar-refractivity contribution in [2.75, 3.05) is 106 Å². The lowest BCUT2D eigenvalue weighted by Crippen LogP contribution is -2.42. The summed E-state index contributed by atoms with van der Waals surface area (Å²) in [6.07, 6.45) is 2.17. The van der Waals surface area contributed by atoms with Crippen LogP contribution in [0.3, 0.4) is 0 Å². The zero-order valence-electron chi connectivity index (χ0n) is 34.1. The van der Waals surface area contributed by atoms with Crippen molar-refractivity contribution in [3.05, 3.63) is 96.1 Å². The van der Waals surface area contributed by atoms with Crippen LogP contribution < -0.4 is 0 Å². The van der Waals surface area contributed by atoms with Crippen molar-refractivity contribution < 1.29 is 66.7 Å². The second kappa shape index (κ2) is 20.6. The lowest BCUT2D eigenvalue weighted by molar-refractivity contribution is -0.140. The van der Waals surface area contributed by atoms with Gasteiger partial charge in [-0.2, -0.15) is 0 Å². The highest BCUT2D eigenvalue weighted by molar-refractivity contribution is 6.41. The first-order chi connectivity index (χ1) is 30.3. The zero-order chi connectivity index (χ0) is 43.6. The lowest BCUT2D eigenvalue weighted by Gasteiger charge is -2.30. The second-order valence-corrected chi connectivity index (χ2v) is 14.1. The highest BCUT2D eigenvalue weighted by Crippen LogP contribution is 2.46. The van der Waals surface area contributed by atoms with Gasteiger partial charge in [-0.1, -0.05) is 37.4 Å². The first-order valence-electron chi connectivity index (χ1n) is 20.2. The normalized spacial score (nSPS) is 13.6. The summed E-state index contributed by atoms with van der Waals surface area (Å²) in [7, 11) is 0. The van der Waals surface area contributed by atoms with E-state index in [1.165, 1.54) is 9.80 Å². The number of hydrogen-bond donors (Lipinski definition) is 0. The van der Waals surface area contributed by atoms with Crippen molar-refractivity contribution in [3.63, 3.8) is 0 Å². The van der Waals surface area contributed by atoms with Crippen molar-refractivity contribution in [1.82, 2.24) is 9.80 Å². The van der Waals surface area contributed by atoms with Crippen LogP contribution in [0.2, 0.25) is 0 Å². The molecule has 0 radical (unpaired) electrons. The number of esters is 2. The Morgan fingerprint density at radius 1 is 0.387 bits per heavy atom. The Morgan fingerprint density at radius 3 is 0.919 bits per heavy atom. The van der Waals surface area contributed by atoms with Crippen molar-refractivity contribution in [3.8, 4) is 0 Å². The third-order valence-corrected chi connectivity index (χ3v) is 10.5. The van der Waals surface area contributed by atoms with Crippen LogP contribution in [0.1, 0.15) is 41.4 Å². The van der Waals surface area contributed by atoms with E-state index in [-0.39, 0.29) is 79.2 Å². The maximum absolute atomic E-state index is 13.9. The molecule has 0 saturated heterocycles. The summed E-state index contributed by atoms with van der Waals surface area (Å²) < 4.78 is 42.7. The summed E-state index contributed by atoms with van der Waals surface area (Å²) in [6.45, 7) is 10.1. The van der Waals surface area contributed by atoms with E-state index in [0.717, 1.165) is 44.5 Å². The summed E-state index contributed by atoms with van der Waals surface area (Å²) >= 11 is 0. The highest BCUT2D eigenvalue weighted by atomic mass is 16.6. The molecule has 5 aromatic rings. The van der Waals surface area contributed by atoms with Crippen LogP contribution >= 0.6 is 0 Å². The smallest absolute Gasteiger partial charge is 0.330 e. The second-order valence-electron chi connectivity index (χ2n) is 14.1. The molecule has 2 aliphatic heterocycles. The van der Waals surface area contributed by atoms with Gasteiger partial charge >= 0.3 is 11.9 Å². The minimum Gasteiger partial charge on any atom is -0.460 e. The monoisotopic (exact) mass is 850 g/mol. The van der Waals surface area contributed by atoms with Crippen molar-refractivity contribution >= 4 is 78.7 Å². The van der Waals surface area contributed by atoms with Gasteiger partial charge in [0, 0.05) is 45.2 Å². The van der Waals surface area contributed by atoms with E-state index in [1.54, 1.807) is 24.3 Å². The molecule has 0 fully saturated rings. The van der Waals surface area contributed by atoms with Crippen LogP contribution in [-0.4, -0.2) is 151 Å². The van der Waals surface area contributed by atoms with Crippen molar-refractivity contribution in [1.29, 1.82) is 0 Å². The number of ether oxygens (including phenoxy) is 8. The van der Waals surface area contributed by atoms with Gasteiger partial charge < -0.3 is 37.9 Å². The fourth-order valence-electron chi connectivity index (χ4n) is 7.69. The largest absolute Gasteiger partial charge is 0.460 e. The fraction of sp³-hybridized carbons (Fsp3) is 0.348. The van der Waals surface area contributed by atoms with E-state index >= 15 is 0 Å². The topological polar surface area (TPSA) is 183 Å². The molecule has 0 saturated carbocycles. The number of carbonyl (C=O) groups excluding carboxylic acids is 6. The Morgan fingerprint density at radius 2 is 0.645 bits per heavy atom. The predicted molar refractivity (Wildman–Crippen MR) is 226 cm³/mol. The van der Waals surface area contributed by atoms with Gasteiger partial charge in [0.2, 0.25) is 0 Å². The summed E-state index contributed by atoms with van der Waals surface area (Å²) in [6, 6.07) is 14.4. The number of hydrogen-bond acceptors (Lipinski definition) is 14. The van der Waals surface area contributed by atoms with Crippen molar-refractivity contribution in [2.45, 2.75) is 0 Å². The molecule has 0 atom stereocenters. The van der Waals surface area contributed by atoms with Gasteiger partial charge in [-0.05, 0) is 56.6 Å². The van der Waals surface area contributed by atoms with E-state index < -0.39 is 35.6 Å². The average molecular weight is 851 g/mol. The Hall–Kier alpha value is -6.14. The summed E-state index contributed by atoms with van der Waals surface area (Å²) in [5, 5.41) is 5.87. The number of benzene rings is 5. The number of amides is 4. The Kier molecular flexibility index (Phi) is 14.6. The number of nitrogens with zero attached hydrogens (tertiary/aromatic N) is 2. The zero-order valence-corrected chi connectivity index (χ0v) is 34.1. The molecule has 0 aliphatic carbocycles. The molecule has 324 valence electrons. The van der Waals surface area contributed by atoms with Crippen LogP contribution in [0.4, 0.5) is 0 Å². The molecule has 7 rings (SSSR count). The minimum atomic E-state index is -0.509. The standard InChI is InChI=1S/C46H46N2O14/c1-3-37(49)61-27-25-59-23-21-57-19-17-55-15-13-47-43(51)33-9-5-29-31-7-11-35-42-36(12-8-32(40(31)42)30-6-10-34(44(47)52)41(33)39(29)30)46(54)48(45(35)53)14-16-56-18-20-58-22-24-60-26-28-62-38(50)4-2/h3-12H,1-2,13-28H2. The average Bonchev–Trinajstić information content (AvgIpc) is 3.29. The quantitative estimate of drug-likeness (QED) is 0.0190. The van der Waals surface area contributed by atoms with Gasteiger partial charge in [-0.25, -0.2) is 9.59 Å². The van der Waals surface area contributed by atoms with Gasteiger partial charge in [-0.15, -0.1) is 0 Å². The summed E-state index contributed by atoms with van der Waals surface area (Å²) in [5.41, 5.74) is 1.62. The van der Waals surface area contributed by atoms with Crippen LogP contribution in [0.15, 0.2) is 73.8 Å². The number of fused-ring (bicyclic) bond motifs is 2. The van der Waals surface area contributed by atoms with Crippen LogP contribution in [0, 0.1) is 0 Å². The molecule has 0 bridgehead atoms. The summed E-state index contributed by atoms with van der Waals surface area (Å²) in [4.78, 5) is 79.9. The Balaban J connectivity index is 0.956. The number of rotatable bonds is 26. The van der Waals surface area contributed by atoms with Gasteiger partial charge in [-0.3, -0.25) is 29.0 Å². The van der Waals surface area contributed by atoms with E-state index in [2.05, 4.69) is 13.2 Å². The van der Waals surface area contributed by atoms with Gasteiger partial charge in [0.15, 0.2) is 0 Å². The number of imide groups is 2. The van der Waals surface area contributed by atoms with Gasteiger partial charge in [0.1, 0.15) is 13.2 Å². The molecule has 0 unspecified atom stereocenters. The third-order valence-electron chi connectivity index (χ3n) is 10.5. The molecule has 5 aromatic carbocycles. The minimum absolute atomic E-state index is 0.0537. The maximum atomic E-state index is 13.9. The SMILES string of the molecule is C=CC(=O)OCCOCCOCCOCCN1C(=O)c2ccc3c4ccc5c6c(ccc(c7ccc(c2c37)C1=O)c64)C(=O)N(CCOCCOCCOCCOC(=O)C=C)C5=O. The molecule has 16 heteroatoms. The Bertz CT molecular complexity index is 2240. The van der Waals surface area contributed by atoms with E-state index in [4.69, 9.17) is 37.9 Å². The van der Waals surface area contributed by atoms with Crippen LogP contribution in [-0.2, 0) is 47.5 Å². The molecule has 0 aromatic heterocycles. The molecular formula is C46H46N2O14. The Labute approximate surface area is 356 Å². The van der Waals surface area contributed by atoms with Crippen molar-refractivity contribution in [2.24, 2.45) is 0 Å². The first kappa shape index (κ1) is 43.9. The van der Waals surface area contributed by atoms with Crippen LogP contribution in [0.25, 0.3) is 43.1 Å². The molecule has 2 heterocycles. The summed E-state index contributed by atoms with van der Waals surface area (Å²) in [5.74, 6) is -2.69. The van der Waals surface area contributed by atoms with E-state index in [0.29, 0.717) is 59.5 Å². The maximum Gasteiger partial charge on any atom is 0.330 e. The molecule has 16 nitrogen and oxygen atoms in total. The molecule has 2 aliphatic rings. The molecule has 0 N–H and O–H groups in total. The molecular weight excluding hydrogens is 805 g/mol. The lowest BCUT2D eigenvalue weighted by atomic mass is 9.82. The predicted octanol–water partition coefficient (Wildman–Crippen LogP) is 4.49. The molecule has 62 heavy (non-hydrogen) atoms. The number of carbonyl (C=O) groups is 6. The highest BCUT2D eigenvalue weighted by Gasteiger charge is 2.36.